The zero-order valence-corrected chi connectivity index (χ0v) is 17.3. The van der Waals surface area contributed by atoms with Gasteiger partial charge >= 0.3 is 0 Å². The molecule has 0 aliphatic carbocycles. The first kappa shape index (κ1) is 21.4. The van der Waals surface area contributed by atoms with E-state index in [2.05, 4.69) is 50.6 Å². The van der Waals surface area contributed by atoms with Crippen molar-refractivity contribution in [2.75, 3.05) is 19.5 Å². The van der Waals surface area contributed by atoms with Gasteiger partial charge in [0.25, 0.3) is 0 Å². The molecule has 2 heteroatoms. The first-order chi connectivity index (χ1) is 9.64. The molecule has 0 heterocycles. The van der Waals surface area contributed by atoms with E-state index in [1.807, 2.05) is 0 Å². The topological polar surface area (TPSA) is 0 Å². The molecule has 0 nitrogen and oxygen atoms in total. The molecule has 0 radical (unpaired) electrons. The number of unbranched alkanes of at least 4 members (excludes halogenated alkanes) is 7. The minimum Gasteiger partial charge on any atom is -1.00 e. The highest BCUT2D eigenvalue weighted by atomic mass is 127. The van der Waals surface area contributed by atoms with Crippen molar-refractivity contribution >= 4 is 7.26 Å². The Morgan fingerprint density at radius 1 is 0.762 bits per heavy atom. The van der Waals surface area contributed by atoms with Crippen molar-refractivity contribution in [3.05, 3.63) is 35.9 Å². The molecular weight excluding hydrogens is 386 g/mol. The van der Waals surface area contributed by atoms with E-state index in [-0.39, 0.29) is 24.0 Å². The van der Waals surface area contributed by atoms with E-state index in [0.717, 1.165) is 0 Å². The molecule has 0 aliphatic heterocycles. The molecule has 1 aromatic carbocycles. The molecule has 0 fully saturated rings. The van der Waals surface area contributed by atoms with E-state index in [0.29, 0.717) is 0 Å². The first-order valence-electron chi connectivity index (χ1n) is 8.50. The van der Waals surface area contributed by atoms with Gasteiger partial charge in [0.15, 0.2) is 0 Å². The second-order valence-electron chi connectivity index (χ2n) is 6.78. The fourth-order valence-electron chi connectivity index (χ4n) is 2.83. The quantitative estimate of drug-likeness (QED) is 0.292. The van der Waals surface area contributed by atoms with E-state index < -0.39 is 7.26 Å². The van der Waals surface area contributed by atoms with Gasteiger partial charge in [-0.15, -0.1) is 0 Å². The molecule has 0 bridgehead atoms. The lowest BCUT2D eigenvalue weighted by molar-refractivity contribution is -0.00000458. The summed E-state index contributed by atoms with van der Waals surface area (Å²) in [5, 5.41) is 0. The summed E-state index contributed by atoms with van der Waals surface area (Å²) in [6.07, 6.45) is 14.3. The Balaban J connectivity index is 0.00000400. The molecule has 0 spiro atoms. The average molecular weight is 420 g/mol. The Kier molecular flexibility index (Phi) is 13.1. The van der Waals surface area contributed by atoms with E-state index >= 15 is 0 Å². The van der Waals surface area contributed by atoms with Gasteiger partial charge < -0.3 is 24.0 Å². The van der Waals surface area contributed by atoms with Crippen LogP contribution in [0, 0.1) is 0 Å². The number of benzene rings is 1. The Hall–Kier alpha value is 0.380. The smallest absolute Gasteiger partial charge is 0.0837 e. The standard InChI is InChI=1S/C19H34P.HI/c1-4-5-6-7-8-9-10-14-17-20(2,3)18-19-15-12-11-13-16-19;/h11-13,15-16H,4-10,14,17-18H2,1-3H3;1H/q+1;/p-1. The minimum absolute atomic E-state index is 0. The summed E-state index contributed by atoms with van der Waals surface area (Å²) >= 11 is 0. The average Bonchev–Trinajstić information content (AvgIpc) is 2.42. The van der Waals surface area contributed by atoms with Crippen LogP contribution >= 0.6 is 7.26 Å². The lowest BCUT2D eigenvalue weighted by Gasteiger charge is -2.18. The Bertz CT molecular complexity index is 335. The lowest BCUT2D eigenvalue weighted by Crippen LogP contribution is -3.00. The zero-order valence-electron chi connectivity index (χ0n) is 14.3. The molecule has 122 valence electrons. The molecule has 0 unspecified atom stereocenters. The predicted molar refractivity (Wildman–Crippen MR) is 96.4 cm³/mol. The van der Waals surface area contributed by atoms with Gasteiger partial charge in [0, 0.05) is 20.6 Å². The van der Waals surface area contributed by atoms with Crippen molar-refractivity contribution in [1.29, 1.82) is 0 Å². The van der Waals surface area contributed by atoms with Gasteiger partial charge in [0.05, 0.1) is 12.3 Å². The number of hydrogen-bond donors (Lipinski definition) is 0. The van der Waals surface area contributed by atoms with Crippen LogP contribution in [0.3, 0.4) is 0 Å². The SMILES string of the molecule is CCCCCCCCCC[P+](C)(C)Cc1ccccc1.[I-]. The van der Waals surface area contributed by atoms with Crippen molar-refractivity contribution in [2.45, 2.75) is 64.5 Å². The highest BCUT2D eigenvalue weighted by Gasteiger charge is 2.24. The van der Waals surface area contributed by atoms with E-state index in [1.54, 1.807) is 0 Å². The molecule has 1 aromatic rings. The molecular formula is C19H34IP. The maximum absolute atomic E-state index is 2.53. The third kappa shape index (κ3) is 11.6. The molecule has 0 amide bonds. The van der Waals surface area contributed by atoms with Crippen LogP contribution in [-0.4, -0.2) is 19.5 Å². The van der Waals surface area contributed by atoms with Crippen LogP contribution in [-0.2, 0) is 6.16 Å². The lowest BCUT2D eigenvalue weighted by atomic mass is 10.1. The summed E-state index contributed by atoms with van der Waals surface area (Å²) in [4.78, 5) is 0. The fraction of sp³-hybridized carbons (Fsp3) is 0.684. The van der Waals surface area contributed by atoms with Crippen LogP contribution in [0.5, 0.6) is 0 Å². The van der Waals surface area contributed by atoms with Gasteiger partial charge in [0.1, 0.15) is 0 Å². The second kappa shape index (κ2) is 12.9. The molecule has 1 rings (SSSR count). The maximum atomic E-state index is 2.53. The summed E-state index contributed by atoms with van der Waals surface area (Å²) in [5.74, 6) is 0. The van der Waals surface area contributed by atoms with Gasteiger partial charge in [-0.3, -0.25) is 0 Å². The van der Waals surface area contributed by atoms with Crippen molar-refractivity contribution in [1.82, 2.24) is 0 Å². The summed E-state index contributed by atoms with van der Waals surface area (Å²) in [5.41, 5.74) is 1.53. The van der Waals surface area contributed by atoms with Crippen LogP contribution in [0.4, 0.5) is 0 Å². The van der Waals surface area contributed by atoms with Crippen LogP contribution in [0.1, 0.15) is 63.9 Å². The second-order valence-corrected chi connectivity index (χ2v) is 11.4. The third-order valence-electron chi connectivity index (χ3n) is 4.07. The first-order valence-corrected chi connectivity index (χ1v) is 11.6. The highest BCUT2D eigenvalue weighted by molar-refractivity contribution is 7.73. The Morgan fingerprint density at radius 3 is 1.86 bits per heavy atom. The van der Waals surface area contributed by atoms with E-state index in [4.69, 9.17) is 0 Å². The van der Waals surface area contributed by atoms with Gasteiger partial charge in [-0.25, -0.2) is 0 Å². The van der Waals surface area contributed by atoms with Crippen molar-refractivity contribution in [2.24, 2.45) is 0 Å². The zero-order chi connectivity index (χ0) is 14.7. The molecule has 0 saturated carbocycles. The number of hydrogen-bond acceptors (Lipinski definition) is 0. The Labute approximate surface area is 150 Å². The summed E-state index contributed by atoms with van der Waals surface area (Å²) in [6.45, 7) is 7.35. The minimum atomic E-state index is -0.731. The monoisotopic (exact) mass is 420 g/mol. The maximum Gasteiger partial charge on any atom is 0.0837 e. The molecule has 0 aliphatic rings. The molecule has 0 atom stereocenters. The van der Waals surface area contributed by atoms with Crippen molar-refractivity contribution < 1.29 is 24.0 Å². The summed E-state index contributed by atoms with van der Waals surface area (Å²) in [6, 6.07) is 11.0. The number of halogens is 1. The van der Waals surface area contributed by atoms with Gasteiger partial charge in [-0.1, -0.05) is 75.8 Å². The normalized spacial score (nSPS) is 11.2. The van der Waals surface area contributed by atoms with Gasteiger partial charge in [0.2, 0.25) is 0 Å². The van der Waals surface area contributed by atoms with E-state index in [9.17, 15) is 0 Å². The van der Waals surface area contributed by atoms with Crippen LogP contribution in [0.2, 0.25) is 0 Å². The van der Waals surface area contributed by atoms with E-state index in [1.165, 1.54) is 69.3 Å². The molecule has 0 aromatic heterocycles. The molecule has 21 heavy (non-hydrogen) atoms. The summed E-state index contributed by atoms with van der Waals surface area (Å²) < 4.78 is 0. The Morgan fingerprint density at radius 2 is 1.29 bits per heavy atom. The largest absolute Gasteiger partial charge is 1.00 e. The molecule has 0 saturated heterocycles. The van der Waals surface area contributed by atoms with Crippen molar-refractivity contribution in [3.63, 3.8) is 0 Å². The van der Waals surface area contributed by atoms with Crippen molar-refractivity contribution in [3.8, 4) is 0 Å². The van der Waals surface area contributed by atoms with Crippen LogP contribution in [0.25, 0.3) is 0 Å². The highest BCUT2D eigenvalue weighted by Crippen LogP contribution is 2.54. The fourth-order valence-corrected chi connectivity index (χ4v) is 5.27. The van der Waals surface area contributed by atoms with Gasteiger partial charge in [-0.2, -0.15) is 0 Å². The van der Waals surface area contributed by atoms with Crippen LogP contribution < -0.4 is 24.0 Å². The summed E-state index contributed by atoms with van der Waals surface area (Å²) in [7, 11) is -0.731. The molecule has 0 N–H and O–H groups in total. The predicted octanol–water partition coefficient (Wildman–Crippen LogP) is 3.61. The third-order valence-corrected chi connectivity index (χ3v) is 6.82. The van der Waals surface area contributed by atoms with Gasteiger partial charge in [-0.05, 0) is 18.4 Å². The van der Waals surface area contributed by atoms with Crippen LogP contribution in [0.15, 0.2) is 30.3 Å². The number of rotatable bonds is 11.